The van der Waals surface area contributed by atoms with E-state index in [4.69, 9.17) is 0 Å². The van der Waals surface area contributed by atoms with Crippen LogP contribution in [0.4, 0.5) is 0 Å². The summed E-state index contributed by atoms with van der Waals surface area (Å²) < 4.78 is 0. The van der Waals surface area contributed by atoms with Gasteiger partial charge in [0.25, 0.3) is 0 Å². The van der Waals surface area contributed by atoms with Crippen LogP contribution in [0.25, 0.3) is 0 Å². The first-order valence-corrected chi connectivity index (χ1v) is 15.5. The molecule has 1 unspecified atom stereocenters. The van der Waals surface area contributed by atoms with Crippen LogP contribution in [0.2, 0.25) is 0 Å². The average molecular weight is 553 g/mol. The van der Waals surface area contributed by atoms with E-state index in [1.54, 1.807) is 6.92 Å². The summed E-state index contributed by atoms with van der Waals surface area (Å²) in [6, 6.07) is 16.7. The van der Waals surface area contributed by atoms with Crippen LogP contribution in [0, 0.1) is 12.3 Å². The van der Waals surface area contributed by atoms with Gasteiger partial charge in [0, 0.05) is 34.0 Å². The highest BCUT2D eigenvalue weighted by atomic mass is 16.1. The van der Waals surface area contributed by atoms with Crippen LogP contribution in [0.3, 0.4) is 0 Å². The zero-order chi connectivity index (χ0) is 30.4. The predicted octanol–water partition coefficient (Wildman–Crippen LogP) is 10.3. The molecule has 0 spiro atoms. The maximum Gasteiger partial charge on any atom is 0.139 e. The lowest BCUT2D eigenvalue weighted by Gasteiger charge is -2.31. The summed E-state index contributed by atoms with van der Waals surface area (Å²) in [4.78, 5) is 35.5. The van der Waals surface area contributed by atoms with Crippen molar-refractivity contribution in [3.8, 4) is 0 Å². The minimum absolute atomic E-state index is 0. The Morgan fingerprint density at radius 3 is 2.05 bits per heavy atom. The monoisotopic (exact) mass is 552 g/mol. The minimum atomic E-state index is -0.322. The van der Waals surface area contributed by atoms with Crippen molar-refractivity contribution < 1.29 is 17.2 Å². The first-order chi connectivity index (χ1) is 19.2. The predicted molar refractivity (Wildman–Crippen MR) is 176 cm³/mol. The molecule has 40 heavy (non-hydrogen) atoms. The van der Waals surface area contributed by atoms with Crippen LogP contribution in [0.15, 0.2) is 61.2 Å². The molecular formula is C37H60O3. The summed E-state index contributed by atoms with van der Waals surface area (Å²) >= 11 is 0. The van der Waals surface area contributed by atoms with Gasteiger partial charge >= 0.3 is 0 Å². The van der Waals surface area contributed by atoms with E-state index in [2.05, 4.69) is 63.7 Å². The number of carbonyl (C=O) groups excluding carboxylic acids is 3. The molecular weight excluding hydrogens is 492 g/mol. The van der Waals surface area contributed by atoms with Gasteiger partial charge in [-0.15, -0.1) is 6.58 Å². The second-order valence-corrected chi connectivity index (χ2v) is 10.6. The number of hydrogen-bond donors (Lipinski definition) is 0. The Balaban J connectivity index is -0.000000799. The average Bonchev–Trinajstić information content (AvgIpc) is 2.94. The fraction of sp³-hybridized carbons (Fsp3) is 0.541. The molecule has 2 rings (SSSR count). The summed E-state index contributed by atoms with van der Waals surface area (Å²) in [5.41, 5.74) is 4.68. The van der Waals surface area contributed by atoms with Gasteiger partial charge in [-0.1, -0.05) is 101 Å². The highest BCUT2D eigenvalue weighted by molar-refractivity contribution is 5.85. The summed E-state index contributed by atoms with van der Waals surface area (Å²) in [5.74, 6) is 0.871. The fourth-order valence-corrected chi connectivity index (χ4v) is 5.04. The van der Waals surface area contributed by atoms with Gasteiger partial charge in [0.1, 0.15) is 17.3 Å². The zero-order valence-corrected chi connectivity index (χ0v) is 26.6. The van der Waals surface area contributed by atoms with Crippen LogP contribution in [0.1, 0.15) is 124 Å². The van der Waals surface area contributed by atoms with Crippen LogP contribution in [-0.2, 0) is 33.6 Å². The van der Waals surface area contributed by atoms with Crippen molar-refractivity contribution in [2.75, 3.05) is 0 Å². The number of aryl methyl sites for hydroxylation is 3. The molecule has 0 amide bonds. The maximum absolute atomic E-state index is 13.1. The summed E-state index contributed by atoms with van der Waals surface area (Å²) in [6.45, 7) is 17.8. The molecule has 3 nitrogen and oxygen atoms in total. The van der Waals surface area contributed by atoms with Gasteiger partial charge in [-0.25, -0.2) is 0 Å². The first-order valence-electron chi connectivity index (χ1n) is 15.5. The topological polar surface area (TPSA) is 51.2 Å². The van der Waals surface area contributed by atoms with Crippen LogP contribution >= 0.6 is 0 Å². The third-order valence-electron chi connectivity index (χ3n) is 7.20. The van der Waals surface area contributed by atoms with Crippen molar-refractivity contribution in [3.63, 3.8) is 0 Å². The SMILES string of the molecule is C=CCC(CCC)(CCCC(=O)CC)C(=O)CCCc1cccc(C)c1.CC.CCc1ccc(CC(C)=O)cc1.[HH].[HH]. The van der Waals surface area contributed by atoms with Crippen molar-refractivity contribution in [3.05, 3.63) is 83.4 Å². The van der Waals surface area contributed by atoms with Crippen molar-refractivity contribution in [2.45, 2.75) is 126 Å². The van der Waals surface area contributed by atoms with Crippen molar-refractivity contribution in [1.29, 1.82) is 0 Å². The van der Waals surface area contributed by atoms with Gasteiger partial charge in [-0.3, -0.25) is 14.4 Å². The third-order valence-corrected chi connectivity index (χ3v) is 7.20. The van der Waals surface area contributed by atoms with Gasteiger partial charge in [-0.2, -0.15) is 0 Å². The summed E-state index contributed by atoms with van der Waals surface area (Å²) in [5, 5.41) is 0. The lowest BCUT2D eigenvalue weighted by molar-refractivity contribution is -0.130. The number of ketones is 3. The number of Topliss-reactive ketones (excluding diaryl/α,β-unsaturated/α-hetero) is 3. The van der Waals surface area contributed by atoms with Crippen LogP contribution in [-0.4, -0.2) is 17.3 Å². The Morgan fingerprint density at radius 1 is 0.875 bits per heavy atom. The van der Waals surface area contributed by atoms with Crippen LogP contribution in [0.5, 0.6) is 0 Å². The van der Waals surface area contributed by atoms with E-state index in [0.29, 0.717) is 37.2 Å². The molecule has 0 saturated carbocycles. The van der Waals surface area contributed by atoms with E-state index in [0.717, 1.165) is 56.9 Å². The number of benzene rings is 2. The number of carbonyl (C=O) groups is 3. The number of rotatable bonds is 17. The van der Waals surface area contributed by atoms with E-state index in [-0.39, 0.29) is 14.1 Å². The molecule has 0 aliphatic carbocycles. The molecule has 3 heteroatoms. The molecule has 0 aromatic heterocycles. The van der Waals surface area contributed by atoms with E-state index in [1.807, 2.05) is 39.0 Å². The lowest BCUT2D eigenvalue weighted by atomic mass is 9.71. The standard InChI is InChI=1S/C24H36O2.C11H14O.C2H6.2H2/c1-5-16-24(17-6-2,18-10-14-22(25)7-3)23(26)15-9-13-21-12-8-11-20(4)19-21;1-3-10-4-6-11(7-5-10)8-9(2)12;1-2;;/h5,8,11-12,19H,1,6-7,9-10,13-18H2,2-4H3;4-7H,3,8H2,1-2H3;1-2H3;2*1H. The molecule has 0 aliphatic rings. The van der Waals surface area contributed by atoms with Crippen molar-refractivity contribution in [2.24, 2.45) is 5.41 Å². The minimum Gasteiger partial charge on any atom is -0.300 e. The Kier molecular flexibility index (Phi) is 20.4. The molecule has 1 atom stereocenters. The molecule has 2 aromatic carbocycles. The number of allylic oxidation sites excluding steroid dienone is 1. The van der Waals surface area contributed by atoms with Crippen molar-refractivity contribution >= 4 is 17.3 Å². The Bertz CT molecular complexity index is 1010. The van der Waals surface area contributed by atoms with Gasteiger partial charge in [0.2, 0.25) is 0 Å². The van der Waals surface area contributed by atoms with Gasteiger partial charge in [0.05, 0.1) is 0 Å². The fourth-order valence-electron chi connectivity index (χ4n) is 5.04. The molecule has 2 aromatic rings. The highest BCUT2D eigenvalue weighted by Gasteiger charge is 2.34. The molecule has 0 bridgehead atoms. The first kappa shape index (κ1) is 37.2. The summed E-state index contributed by atoms with van der Waals surface area (Å²) in [7, 11) is 0. The third kappa shape index (κ3) is 15.1. The lowest BCUT2D eigenvalue weighted by Crippen LogP contribution is -2.31. The molecule has 0 saturated heterocycles. The van der Waals surface area contributed by atoms with Gasteiger partial charge in [-0.05, 0) is 75.5 Å². The van der Waals surface area contributed by atoms with Gasteiger partial charge in [0.15, 0.2) is 0 Å². The Morgan fingerprint density at radius 2 is 1.52 bits per heavy atom. The maximum atomic E-state index is 13.1. The Hall–Kier alpha value is -2.81. The summed E-state index contributed by atoms with van der Waals surface area (Å²) in [6.07, 6.45) is 11.3. The van der Waals surface area contributed by atoms with Crippen LogP contribution < -0.4 is 0 Å². The second kappa shape index (κ2) is 21.9. The largest absolute Gasteiger partial charge is 0.300 e. The van der Waals surface area contributed by atoms with E-state index < -0.39 is 0 Å². The molecule has 0 aliphatic heterocycles. The van der Waals surface area contributed by atoms with Crippen molar-refractivity contribution in [1.82, 2.24) is 0 Å². The number of hydrogen-bond acceptors (Lipinski definition) is 3. The van der Waals surface area contributed by atoms with E-state index >= 15 is 0 Å². The van der Waals surface area contributed by atoms with E-state index in [1.165, 1.54) is 16.7 Å². The quantitative estimate of drug-likeness (QED) is 0.183. The molecule has 0 N–H and O–H groups in total. The molecule has 0 heterocycles. The second-order valence-electron chi connectivity index (χ2n) is 10.6. The zero-order valence-electron chi connectivity index (χ0n) is 26.6. The normalized spacial score (nSPS) is 11.7. The highest BCUT2D eigenvalue weighted by Crippen LogP contribution is 2.37. The molecule has 0 radical (unpaired) electrons. The molecule has 226 valence electrons. The molecule has 0 fully saturated rings. The van der Waals surface area contributed by atoms with Gasteiger partial charge < -0.3 is 0 Å². The smallest absolute Gasteiger partial charge is 0.139 e. The van der Waals surface area contributed by atoms with E-state index in [9.17, 15) is 14.4 Å². The Labute approximate surface area is 248 Å².